The van der Waals surface area contributed by atoms with Gasteiger partial charge in [-0.3, -0.25) is 4.79 Å². The predicted octanol–water partition coefficient (Wildman–Crippen LogP) is 5.45. The van der Waals surface area contributed by atoms with E-state index in [0.29, 0.717) is 35.0 Å². The highest BCUT2D eigenvalue weighted by atomic mass is 32.1. The second-order valence-electron chi connectivity index (χ2n) is 6.68. The normalized spacial score (nSPS) is 11.7. The number of pyridine rings is 1. The summed E-state index contributed by atoms with van der Waals surface area (Å²) in [6, 6.07) is 8.76. The van der Waals surface area contributed by atoms with Crippen molar-refractivity contribution in [2.45, 2.75) is 19.0 Å². The van der Waals surface area contributed by atoms with Crippen LogP contribution in [0.15, 0.2) is 48.0 Å². The number of Topliss-reactive ketones (excluding diaryl/α,β-unsaturated/α-hetero) is 1. The lowest BCUT2D eigenvalue weighted by molar-refractivity contribution is -0.137. The lowest BCUT2D eigenvalue weighted by Crippen LogP contribution is -2.07. The van der Waals surface area contributed by atoms with Crippen LogP contribution >= 0.6 is 11.3 Å². The molecule has 0 saturated heterocycles. The Hall–Kier alpha value is -3.40. The molecular formula is C21H16F3N3O3S. The molecule has 0 aliphatic heterocycles. The highest BCUT2D eigenvalue weighted by molar-refractivity contribution is 7.13. The van der Waals surface area contributed by atoms with Crippen molar-refractivity contribution in [2.75, 3.05) is 6.61 Å². The number of ketones is 1. The zero-order valence-corrected chi connectivity index (χ0v) is 16.8. The molecule has 0 fully saturated rings. The highest BCUT2D eigenvalue weighted by Gasteiger charge is 2.30. The van der Waals surface area contributed by atoms with Crippen molar-refractivity contribution in [2.24, 2.45) is 0 Å². The molecule has 0 radical (unpaired) electrons. The average molecular weight is 447 g/mol. The van der Waals surface area contributed by atoms with Crippen molar-refractivity contribution in [1.82, 2.24) is 15.0 Å². The van der Waals surface area contributed by atoms with Gasteiger partial charge in [-0.05, 0) is 36.1 Å². The first-order valence-electron chi connectivity index (χ1n) is 9.28. The van der Waals surface area contributed by atoms with Crippen LogP contribution in [0.5, 0.6) is 11.6 Å². The average Bonchev–Trinajstić information content (AvgIpc) is 3.41. The molecule has 0 amide bonds. The number of nitrogens with zero attached hydrogens (tertiary/aromatic N) is 2. The summed E-state index contributed by atoms with van der Waals surface area (Å²) in [5, 5.41) is 12.0. The number of phenolic OH excluding ortho intramolecular Hbond substituents is 1. The van der Waals surface area contributed by atoms with E-state index in [1.165, 1.54) is 23.5 Å². The Kier molecular flexibility index (Phi) is 5.64. The molecule has 4 rings (SSSR count). The van der Waals surface area contributed by atoms with Crippen LogP contribution in [0.1, 0.15) is 28.8 Å². The summed E-state index contributed by atoms with van der Waals surface area (Å²) in [6.07, 6.45) is -3.27. The van der Waals surface area contributed by atoms with E-state index in [9.17, 15) is 23.1 Å². The van der Waals surface area contributed by atoms with Gasteiger partial charge in [0.2, 0.25) is 5.88 Å². The molecule has 1 aromatic carbocycles. The molecule has 6 nitrogen and oxygen atoms in total. The Morgan fingerprint density at radius 1 is 1.19 bits per heavy atom. The summed E-state index contributed by atoms with van der Waals surface area (Å²) in [5.74, 6) is 0.439. The van der Waals surface area contributed by atoms with Crippen molar-refractivity contribution in [3.63, 3.8) is 0 Å². The monoisotopic (exact) mass is 447 g/mol. The van der Waals surface area contributed by atoms with Gasteiger partial charge in [0.25, 0.3) is 0 Å². The summed E-state index contributed by atoms with van der Waals surface area (Å²) in [6.45, 7) is 0.117. The molecule has 160 valence electrons. The lowest BCUT2D eigenvalue weighted by atomic mass is 10.0. The summed E-state index contributed by atoms with van der Waals surface area (Å²) in [5.41, 5.74) is 0.296. The van der Waals surface area contributed by atoms with E-state index in [1.807, 2.05) is 17.5 Å². The number of rotatable bonds is 7. The number of aromatic hydroxyl groups is 1. The molecule has 10 heteroatoms. The molecule has 31 heavy (non-hydrogen) atoms. The minimum Gasteiger partial charge on any atom is -0.506 e. The third-order valence-corrected chi connectivity index (χ3v) is 5.42. The molecular weight excluding hydrogens is 431 g/mol. The van der Waals surface area contributed by atoms with Crippen LogP contribution in [0.2, 0.25) is 0 Å². The fourth-order valence-corrected chi connectivity index (χ4v) is 3.68. The zero-order chi connectivity index (χ0) is 22.0. The van der Waals surface area contributed by atoms with Crippen LogP contribution in [0.3, 0.4) is 0 Å². The SMILES string of the molecule is O=C(CCCOc1ccc(C(F)(F)F)cn1)c1ccc(O)c2[nH]c(-c3cccs3)nc12. The fourth-order valence-electron chi connectivity index (χ4n) is 3.01. The summed E-state index contributed by atoms with van der Waals surface area (Å²) in [4.78, 5) is 24.7. The number of carbonyl (C=O) groups excluding carboxylic acids is 1. The van der Waals surface area contributed by atoms with E-state index in [-0.39, 0.29) is 30.4 Å². The number of H-pyrrole nitrogens is 1. The van der Waals surface area contributed by atoms with Crippen molar-refractivity contribution in [3.05, 3.63) is 59.1 Å². The Balaban J connectivity index is 1.40. The number of ether oxygens (including phenoxy) is 1. The first-order valence-corrected chi connectivity index (χ1v) is 10.2. The number of fused-ring (bicyclic) bond motifs is 1. The quantitative estimate of drug-likeness (QED) is 0.290. The van der Waals surface area contributed by atoms with Gasteiger partial charge < -0.3 is 14.8 Å². The Morgan fingerprint density at radius 2 is 2.03 bits per heavy atom. The largest absolute Gasteiger partial charge is 0.506 e. The first-order chi connectivity index (χ1) is 14.8. The van der Waals surface area contributed by atoms with Crippen LogP contribution in [-0.2, 0) is 6.18 Å². The van der Waals surface area contributed by atoms with Gasteiger partial charge in [-0.2, -0.15) is 13.2 Å². The van der Waals surface area contributed by atoms with Gasteiger partial charge in [-0.25, -0.2) is 9.97 Å². The molecule has 0 aliphatic rings. The second-order valence-corrected chi connectivity index (χ2v) is 7.62. The van der Waals surface area contributed by atoms with E-state index in [1.54, 1.807) is 0 Å². The van der Waals surface area contributed by atoms with Crippen molar-refractivity contribution < 1.29 is 27.8 Å². The number of phenols is 1. The van der Waals surface area contributed by atoms with E-state index in [0.717, 1.165) is 17.0 Å². The lowest BCUT2D eigenvalue weighted by Gasteiger charge is -2.08. The van der Waals surface area contributed by atoms with Crippen LogP contribution in [0.25, 0.3) is 21.7 Å². The number of imidazole rings is 1. The number of carbonyl (C=O) groups is 1. The second kappa shape index (κ2) is 8.38. The van der Waals surface area contributed by atoms with Gasteiger partial charge in [0.05, 0.1) is 17.0 Å². The molecule has 4 aromatic rings. The van der Waals surface area contributed by atoms with Crippen molar-refractivity contribution in [3.8, 4) is 22.3 Å². The standard InChI is InChI=1S/C21H16F3N3O3S/c22-21(23,24)12-5-8-17(25-11-12)30-9-1-3-14(28)13-6-7-15(29)19-18(13)26-20(27-19)16-4-2-10-31-16/h2,4-8,10-11,29H,1,3,9H2,(H,26,27). The zero-order valence-electron chi connectivity index (χ0n) is 15.9. The predicted molar refractivity (Wildman–Crippen MR) is 109 cm³/mol. The minimum absolute atomic E-state index is 0.00133. The van der Waals surface area contributed by atoms with Gasteiger partial charge in [-0.1, -0.05) is 6.07 Å². The number of aromatic nitrogens is 3. The maximum absolute atomic E-state index is 12.7. The summed E-state index contributed by atoms with van der Waals surface area (Å²) in [7, 11) is 0. The number of aromatic amines is 1. The highest BCUT2D eigenvalue weighted by Crippen LogP contribution is 2.32. The number of thiophene rings is 1. The van der Waals surface area contributed by atoms with Gasteiger partial charge in [0.1, 0.15) is 22.6 Å². The van der Waals surface area contributed by atoms with Gasteiger partial charge in [0, 0.05) is 24.2 Å². The maximum atomic E-state index is 12.7. The molecule has 0 atom stereocenters. The molecule has 0 aliphatic carbocycles. The third kappa shape index (κ3) is 4.53. The van der Waals surface area contributed by atoms with Gasteiger partial charge >= 0.3 is 6.18 Å². The fraction of sp³-hybridized carbons (Fsp3) is 0.190. The Labute approximate surface area is 178 Å². The smallest absolute Gasteiger partial charge is 0.417 e. The van der Waals surface area contributed by atoms with E-state index in [2.05, 4.69) is 15.0 Å². The molecule has 0 saturated carbocycles. The molecule has 3 aromatic heterocycles. The summed E-state index contributed by atoms with van der Waals surface area (Å²) < 4.78 is 43.0. The van der Waals surface area contributed by atoms with Crippen LogP contribution in [0, 0.1) is 0 Å². The Morgan fingerprint density at radius 3 is 2.71 bits per heavy atom. The molecule has 2 N–H and O–H groups in total. The maximum Gasteiger partial charge on any atom is 0.417 e. The Bertz CT molecular complexity index is 1200. The van der Waals surface area contributed by atoms with Gasteiger partial charge in [-0.15, -0.1) is 11.3 Å². The number of halogens is 3. The number of hydrogen-bond donors (Lipinski definition) is 2. The molecule has 0 unspecified atom stereocenters. The van der Waals surface area contributed by atoms with Crippen LogP contribution < -0.4 is 4.74 Å². The van der Waals surface area contributed by atoms with Crippen LogP contribution in [-0.4, -0.2) is 32.4 Å². The van der Waals surface area contributed by atoms with Crippen LogP contribution in [0.4, 0.5) is 13.2 Å². The minimum atomic E-state index is -4.46. The van der Waals surface area contributed by atoms with Crippen molar-refractivity contribution in [1.29, 1.82) is 0 Å². The van der Waals surface area contributed by atoms with E-state index >= 15 is 0 Å². The topological polar surface area (TPSA) is 88.1 Å². The van der Waals surface area contributed by atoms with Crippen molar-refractivity contribution >= 4 is 28.2 Å². The third-order valence-electron chi connectivity index (χ3n) is 4.54. The molecule has 0 spiro atoms. The van der Waals surface area contributed by atoms with E-state index < -0.39 is 11.7 Å². The first kappa shape index (κ1) is 20.9. The number of hydrogen-bond acceptors (Lipinski definition) is 6. The number of benzene rings is 1. The molecule has 0 bridgehead atoms. The number of nitrogens with one attached hydrogen (secondary N) is 1. The molecule has 3 heterocycles. The van der Waals surface area contributed by atoms with E-state index in [4.69, 9.17) is 4.74 Å². The number of alkyl halides is 3. The summed E-state index contributed by atoms with van der Waals surface area (Å²) >= 11 is 1.48. The van der Waals surface area contributed by atoms with Gasteiger partial charge in [0.15, 0.2) is 5.78 Å².